The molecule has 1 heterocycles. The Labute approximate surface area is 108 Å². The van der Waals surface area contributed by atoms with Crippen molar-refractivity contribution in [3.05, 3.63) is 11.9 Å². The molecule has 5 heteroatoms. The maximum absolute atomic E-state index is 9.05. The van der Waals surface area contributed by atoms with Crippen LogP contribution in [0.3, 0.4) is 0 Å². The predicted molar refractivity (Wildman–Crippen MR) is 71.1 cm³/mol. The Kier molecular flexibility index (Phi) is 3.87. The number of nitrogens with zero attached hydrogens (tertiary/aromatic N) is 4. The number of imidazole rings is 1. The molecular formula is C13H21N5. The first-order valence-electron chi connectivity index (χ1n) is 6.44. The maximum atomic E-state index is 9.05. The summed E-state index contributed by atoms with van der Waals surface area (Å²) in [6.45, 7) is 0.778. The molecule has 0 radical (unpaired) electrons. The molecule has 1 aliphatic carbocycles. The summed E-state index contributed by atoms with van der Waals surface area (Å²) in [5, 5.41) is 12.5. The Bertz CT molecular complexity index is 443. The van der Waals surface area contributed by atoms with E-state index in [1.807, 2.05) is 32.2 Å². The molecule has 1 N–H and O–H groups in total. The standard InChI is InChI=1S/C13H21N5/c1-17(2)13-16-9-11(18(13)3)8-15-12-6-4-5-10(12)7-14/h9-10,12,15H,4-6,8H2,1-3H3. The number of nitriles is 1. The minimum absolute atomic E-state index is 0.173. The number of nitrogens with one attached hydrogen (secondary N) is 1. The second-order valence-electron chi connectivity index (χ2n) is 5.16. The molecule has 0 bridgehead atoms. The van der Waals surface area contributed by atoms with Crippen molar-refractivity contribution in [1.82, 2.24) is 14.9 Å². The first kappa shape index (κ1) is 12.9. The second-order valence-corrected chi connectivity index (χ2v) is 5.16. The molecule has 1 aliphatic rings. The van der Waals surface area contributed by atoms with Gasteiger partial charge in [-0.3, -0.25) is 0 Å². The normalized spacial score (nSPS) is 23.0. The smallest absolute Gasteiger partial charge is 0.204 e. The van der Waals surface area contributed by atoms with Gasteiger partial charge in [0.25, 0.3) is 0 Å². The highest BCUT2D eigenvalue weighted by atomic mass is 15.3. The Hall–Kier alpha value is -1.54. The van der Waals surface area contributed by atoms with Gasteiger partial charge in [0.15, 0.2) is 0 Å². The van der Waals surface area contributed by atoms with Crippen LogP contribution in [0.1, 0.15) is 25.0 Å². The molecule has 1 fully saturated rings. The van der Waals surface area contributed by atoms with E-state index in [9.17, 15) is 0 Å². The molecule has 0 amide bonds. The molecule has 0 spiro atoms. The Morgan fingerprint density at radius 3 is 2.94 bits per heavy atom. The monoisotopic (exact) mass is 247 g/mol. The fraction of sp³-hybridized carbons (Fsp3) is 0.692. The molecule has 18 heavy (non-hydrogen) atoms. The Balaban J connectivity index is 1.96. The van der Waals surface area contributed by atoms with Gasteiger partial charge >= 0.3 is 0 Å². The van der Waals surface area contributed by atoms with Crippen LogP contribution >= 0.6 is 0 Å². The van der Waals surface area contributed by atoms with E-state index in [2.05, 4.69) is 20.9 Å². The van der Waals surface area contributed by atoms with Gasteiger partial charge in [0, 0.05) is 33.7 Å². The van der Waals surface area contributed by atoms with E-state index in [0.29, 0.717) is 6.04 Å². The predicted octanol–water partition coefficient (Wildman–Crippen LogP) is 1.27. The Morgan fingerprint density at radius 1 is 1.56 bits per heavy atom. The first-order valence-corrected chi connectivity index (χ1v) is 6.44. The van der Waals surface area contributed by atoms with Gasteiger partial charge in [0.05, 0.1) is 23.9 Å². The molecule has 0 aromatic carbocycles. The molecule has 0 aliphatic heterocycles. The zero-order valence-corrected chi connectivity index (χ0v) is 11.3. The highest BCUT2D eigenvalue weighted by Crippen LogP contribution is 2.25. The van der Waals surface area contributed by atoms with Gasteiger partial charge in [0.1, 0.15) is 0 Å². The number of hydrogen-bond donors (Lipinski definition) is 1. The second kappa shape index (κ2) is 5.40. The van der Waals surface area contributed by atoms with Crippen molar-refractivity contribution in [2.75, 3.05) is 19.0 Å². The minimum Gasteiger partial charge on any atom is -0.348 e. The lowest BCUT2D eigenvalue weighted by atomic mass is 10.1. The zero-order chi connectivity index (χ0) is 13.1. The Morgan fingerprint density at radius 2 is 2.33 bits per heavy atom. The minimum atomic E-state index is 0.173. The molecule has 1 aromatic heterocycles. The molecule has 1 saturated carbocycles. The lowest BCUT2D eigenvalue weighted by Gasteiger charge is -2.16. The van der Waals surface area contributed by atoms with E-state index in [1.54, 1.807) is 0 Å². The summed E-state index contributed by atoms with van der Waals surface area (Å²) < 4.78 is 2.09. The summed E-state index contributed by atoms with van der Waals surface area (Å²) in [6, 6.07) is 2.74. The third-order valence-electron chi connectivity index (χ3n) is 3.69. The highest BCUT2D eigenvalue weighted by molar-refractivity contribution is 5.30. The quantitative estimate of drug-likeness (QED) is 0.870. The van der Waals surface area contributed by atoms with E-state index in [-0.39, 0.29) is 5.92 Å². The average molecular weight is 247 g/mol. The van der Waals surface area contributed by atoms with Crippen LogP contribution in [0.5, 0.6) is 0 Å². The third-order valence-corrected chi connectivity index (χ3v) is 3.69. The maximum Gasteiger partial charge on any atom is 0.204 e. The van der Waals surface area contributed by atoms with Crippen LogP contribution in [-0.4, -0.2) is 29.7 Å². The molecule has 5 nitrogen and oxygen atoms in total. The van der Waals surface area contributed by atoms with Crippen molar-refractivity contribution in [3.63, 3.8) is 0 Å². The number of aromatic nitrogens is 2. The van der Waals surface area contributed by atoms with Gasteiger partial charge < -0.3 is 14.8 Å². The van der Waals surface area contributed by atoms with Crippen LogP contribution in [0.2, 0.25) is 0 Å². The summed E-state index contributed by atoms with van der Waals surface area (Å²) in [6.07, 6.45) is 5.20. The van der Waals surface area contributed by atoms with E-state index < -0.39 is 0 Å². The number of hydrogen-bond acceptors (Lipinski definition) is 4. The fourth-order valence-electron chi connectivity index (χ4n) is 2.61. The average Bonchev–Trinajstić information content (AvgIpc) is 2.92. The summed E-state index contributed by atoms with van der Waals surface area (Å²) in [4.78, 5) is 6.38. The van der Waals surface area contributed by atoms with E-state index in [0.717, 1.165) is 37.4 Å². The third kappa shape index (κ3) is 2.49. The fourth-order valence-corrected chi connectivity index (χ4v) is 2.61. The van der Waals surface area contributed by atoms with E-state index >= 15 is 0 Å². The van der Waals surface area contributed by atoms with Crippen molar-refractivity contribution >= 4 is 5.95 Å². The number of rotatable bonds is 4. The summed E-state index contributed by atoms with van der Waals surface area (Å²) in [7, 11) is 6.00. The van der Waals surface area contributed by atoms with Crippen molar-refractivity contribution in [3.8, 4) is 6.07 Å². The number of anilines is 1. The van der Waals surface area contributed by atoms with Crippen molar-refractivity contribution in [2.24, 2.45) is 13.0 Å². The van der Waals surface area contributed by atoms with Crippen molar-refractivity contribution in [1.29, 1.82) is 5.26 Å². The molecule has 0 saturated heterocycles. The van der Waals surface area contributed by atoms with Crippen LogP contribution in [0.4, 0.5) is 5.95 Å². The van der Waals surface area contributed by atoms with Crippen molar-refractivity contribution in [2.45, 2.75) is 31.8 Å². The van der Waals surface area contributed by atoms with Crippen LogP contribution in [0, 0.1) is 17.2 Å². The van der Waals surface area contributed by atoms with Crippen LogP contribution < -0.4 is 10.2 Å². The molecule has 1 aromatic rings. The SMILES string of the molecule is CN(C)c1ncc(CNC2CCCC2C#N)n1C. The van der Waals surface area contributed by atoms with Gasteiger partial charge in [0.2, 0.25) is 5.95 Å². The zero-order valence-electron chi connectivity index (χ0n) is 11.3. The van der Waals surface area contributed by atoms with Crippen LogP contribution in [-0.2, 0) is 13.6 Å². The summed E-state index contributed by atoms with van der Waals surface area (Å²) >= 11 is 0. The van der Waals surface area contributed by atoms with Gasteiger partial charge in [-0.25, -0.2) is 4.98 Å². The molecule has 2 atom stereocenters. The molecule has 2 rings (SSSR count). The first-order chi connectivity index (χ1) is 8.63. The van der Waals surface area contributed by atoms with Gasteiger partial charge in [-0.1, -0.05) is 6.42 Å². The topological polar surface area (TPSA) is 56.9 Å². The summed E-state index contributed by atoms with van der Waals surface area (Å²) in [5.41, 5.74) is 1.15. The van der Waals surface area contributed by atoms with Crippen LogP contribution in [0.25, 0.3) is 0 Å². The lowest BCUT2D eigenvalue weighted by Crippen LogP contribution is -2.31. The van der Waals surface area contributed by atoms with Gasteiger partial charge in [-0.15, -0.1) is 0 Å². The van der Waals surface area contributed by atoms with Gasteiger partial charge in [-0.2, -0.15) is 5.26 Å². The molecular weight excluding hydrogens is 226 g/mol. The lowest BCUT2D eigenvalue weighted by molar-refractivity contribution is 0.458. The van der Waals surface area contributed by atoms with Gasteiger partial charge in [-0.05, 0) is 12.8 Å². The molecule has 2 unspecified atom stereocenters. The highest BCUT2D eigenvalue weighted by Gasteiger charge is 2.26. The summed E-state index contributed by atoms with van der Waals surface area (Å²) in [5.74, 6) is 1.13. The van der Waals surface area contributed by atoms with E-state index in [4.69, 9.17) is 5.26 Å². The molecule has 98 valence electrons. The van der Waals surface area contributed by atoms with Crippen molar-refractivity contribution < 1.29 is 0 Å². The van der Waals surface area contributed by atoms with E-state index in [1.165, 1.54) is 0 Å². The largest absolute Gasteiger partial charge is 0.348 e. The van der Waals surface area contributed by atoms with Crippen LogP contribution in [0.15, 0.2) is 6.20 Å².